The molecule has 0 aliphatic heterocycles. The van der Waals surface area contributed by atoms with Crippen LogP contribution in [0.3, 0.4) is 0 Å². The van der Waals surface area contributed by atoms with Gasteiger partial charge in [-0.1, -0.05) is 65.5 Å². The van der Waals surface area contributed by atoms with E-state index in [9.17, 15) is 5.11 Å². The van der Waals surface area contributed by atoms with Gasteiger partial charge < -0.3 is 5.11 Å². The van der Waals surface area contributed by atoms with Crippen LogP contribution in [0.25, 0.3) is 0 Å². The molecule has 0 amide bonds. The van der Waals surface area contributed by atoms with Crippen LogP contribution in [-0.4, -0.2) is 11.7 Å². The zero-order chi connectivity index (χ0) is 21.5. The fourth-order valence-electron chi connectivity index (χ4n) is 9.19. The van der Waals surface area contributed by atoms with E-state index in [1.165, 1.54) is 70.6 Å². The molecule has 8 atom stereocenters. The molecule has 1 N–H and O–H groups in total. The van der Waals surface area contributed by atoms with Crippen molar-refractivity contribution >= 4 is 0 Å². The lowest BCUT2D eigenvalue weighted by atomic mass is 9.48. The van der Waals surface area contributed by atoms with E-state index >= 15 is 0 Å². The first kappa shape index (κ1) is 22.9. The fourth-order valence-corrected chi connectivity index (χ4v) is 9.19. The first-order valence-corrected chi connectivity index (χ1v) is 13.6. The van der Waals surface area contributed by atoms with E-state index in [2.05, 4.69) is 40.7 Å². The zero-order valence-electron chi connectivity index (χ0n) is 20.8. The minimum atomic E-state index is 0.357. The predicted molar refractivity (Wildman–Crippen MR) is 128 cm³/mol. The smallest absolute Gasteiger partial charge is 0.0433 e. The van der Waals surface area contributed by atoms with Crippen molar-refractivity contribution in [2.75, 3.05) is 6.61 Å². The molecule has 1 unspecified atom stereocenters. The van der Waals surface area contributed by atoms with E-state index in [0.717, 1.165) is 36.0 Å². The second-order valence-electron chi connectivity index (χ2n) is 12.8. The Labute approximate surface area is 187 Å². The lowest BCUT2D eigenvalue weighted by Gasteiger charge is -2.56. The van der Waals surface area contributed by atoms with Gasteiger partial charge in [0, 0.05) is 6.61 Å². The Morgan fingerprint density at radius 2 is 1.77 bits per heavy atom. The molecule has 0 aromatic rings. The number of fused-ring (bicyclic) bond motifs is 5. The van der Waals surface area contributed by atoms with Gasteiger partial charge in [-0.3, -0.25) is 0 Å². The van der Waals surface area contributed by atoms with Gasteiger partial charge in [0.15, 0.2) is 0 Å². The van der Waals surface area contributed by atoms with Gasteiger partial charge in [0.25, 0.3) is 0 Å². The van der Waals surface area contributed by atoms with Gasteiger partial charge in [0.1, 0.15) is 0 Å². The summed E-state index contributed by atoms with van der Waals surface area (Å²) in [4.78, 5) is 0. The first-order valence-electron chi connectivity index (χ1n) is 13.6. The van der Waals surface area contributed by atoms with Crippen molar-refractivity contribution in [3.8, 4) is 0 Å². The van der Waals surface area contributed by atoms with Crippen LogP contribution < -0.4 is 0 Å². The van der Waals surface area contributed by atoms with Gasteiger partial charge in [-0.2, -0.15) is 0 Å². The summed E-state index contributed by atoms with van der Waals surface area (Å²) >= 11 is 0. The van der Waals surface area contributed by atoms with Crippen LogP contribution >= 0.6 is 0 Å². The highest BCUT2D eigenvalue weighted by atomic mass is 16.3. The van der Waals surface area contributed by atoms with Crippen LogP contribution in [0.4, 0.5) is 0 Å². The maximum Gasteiger partial charge on any atom is 0.0433 e. The van der Waals surface area contributed by atoms with Crippen molar-refractivity contribution in [2.45, 2.75) is 112 Å². The van der Waals surface area contributed by atoms with Crippen molar-refractivity contribution in [3.63, 3.8) is 0 Å². The molecule has 0 saturated heterocycles. The maximum atomic E-state index is 9.46. The van der Waals surface area contributed by atoms with Crippen molar-refractivity contribution in [3.05, 3.63) is 11.6 Å². The molecule has 0 bridgehead atoms. The number of aliphatic hydroxyl groups excluding tert-OH is 1. The standard InChI is InChI=1S/C29H50O/c1-20(2)22(16-19-30)10-9-21(3)25-13-14-26-24-12-11-23-8-6-7-17-28(23,4)27(24)15-18-29(25,26)5/h15,20-26,30H,6-14,16-19H2,1-5H3/t21-,22+,23?,24+,25-,26+,28+,29-/m1/s1. The Morgan fingerprint density at radius 1 is 0.967 bits per heavy atom. The Bertz CT molecular complexity index is 620. The van der Waals surface area contributed by atoms with E-state index in [1.54, 1.807) is 0 Å². The van der Waals surface area contributed by atoms with Gasteiger partial charge in [-0.25, -0.2) is 0 Å². The van der Waals surface area contributed by atoms with Gasteiger partial charge in [0.05, 0.1) is 0 Å². The maximum absolute atomic E-state index is 9.46. The van der Waals surface area contributed by atoms with Crippen molar-refractivity contribution in [2.24, 2.45) is 52.3 Å². The van der Waals surface area contributed by atoms with Gasteiger partial charge in [-0.15, -0.1) is 0 Å². The molecule has 3 saturated carbocycles. The zero-order valence-corrected chi connectivity index (χ0v) is 20.8. The average molecular weight is 415 g/mol. The third-order valence-corrected chi connectivity index (χ3v) is 11.1. The molecule has 4 rings (SSSR count). The second-order valence-corrected chi connectivity index (χ2v) is 12.8. The number of hydrogen-bond donors (Lipinski definition) is 1. The molecule has 0 radical (unpaired) electrons. The predicted octanol–water partition coefficient (Wildman–Crippen LogP) is 8.03. The highest BCUT2D eigenvalue weighted by Gasteiger charge is 2.57. The number of hydrogen-bond acceptors (Lipinski definition) is 1. The average Bonchev–Trinajstić information content (AvgIpc) is 3.07. The van der Waals surface area contributed by atoms with E-state index in [-0.39, 0.29) is 0 Å². The fraction of sp³-hybridized carbons (Fsp3) is 0.931. The highest BCUT2D eigenvalue weighted by molar-refractivity contribution is 5.28. The Hall–Kier alpha value is -0.300. The molecule has 0 aromatic carbocycles. The Morgan fingerprint density at radius 3 is 2.50 bits per heavy atom. The minimum absolute atomic E-state index is 0.357. The van der Waals surface area contributed by atoms with E-state index in [4.69, 9.17) is 0 Å². The monoisotopic (exact) mass is 414 g/mol. The molecule has 1 heteroatoms. The van der Waals surface area contributed by atoms with Crippen molar-refractivity contribution in [1.82, 2.24) is 0 Å². The molecular weight excluding hydrogens is 364 g/mol. The van der Waals surface area contributed by atoms with Crippen LogP contribution in [0.15, 0.2) is 11.6 Å². The largest absolute Gasteiger partial charge is 0.396 e. The highest BCUT2D eigenvalue weighted by Crippen LogP contribution is 2.66. The van der Waals surface area contributed by atoms with E-state index < -0.39 is 0 Å². The lowest BCUT2D eigenvalue weighted by molar-refractivity contribution is 0.0188. The molecule has 0 spiro atoms. The molecule has 1 nitrogen and oxygen atoms in total. The lowest BCUT2D eigenvalue weighted by Crippen LogP contribution is -2.47. The molecule has 4 aliphatic rings. The van der Waals surface area contributed by atoms with Crippen LogP contribution in [0.1, 0.15) is 112 Å². The van der Waals surface area contributed by atoms with Crippen LogP contribution in [0.2, 0.25) is 0 Å². The normalized spacial score (nSPS) is 42.8. The Balaban J connectivity index is 1.47. The summed E-state index contributed by atoms with van der Waals surface area (Å²) in [5.41, 5.74) is 3.01. The van der Waals surface area contributed by atoms with E-state index in [1.807, 2.05) is 5.57 Å². The summed E-state index contributed by atoms with van der Waals surface area (Å²) < 4.78 is 0. The van der Waals surface area contributed by atoms with Crippen LogP contribution in [0, 0.1) is 52.3 Å². The molecule has 30 heavy (non-hydrogen) atoms. The van der Waals surface area contributed by atoms with Crippen molar-refractivity contribution in [1.29, 1.82) is 0 Å². The Kier molecular flexibility index (Phi) is 6.80. The molecule has 172 valence electrons. The second kappa shape index (κ2) is 8.92. The number of allylic oxidation sites excluding steroid dienone is 2. The van der Waals surface area contributed by atoms with Gasteiger partial charge >= 0.3 is 0 Å². The molecule has 4 aliphatic carbocycles. The summed E-state index contributed by atoms with van der Waals surface area (Å²) in [5, 5.41) is 9.46. The topological polar surface area (TPSA) is 20.2 Å². The summed E-state index contributed by atoms with van der Waals surface area (Å²) in [6.45, 7) is 12.9. The van der Waals surface area contributed by atoms with Gasteiger partial charge in [0.2, 0.25) is 0 Å². The molecule has 0 aromatic heterocycles. The summed E-state index contributed by atoms with van der Waals surface area (Å²) in [7, 11) is 0. The minimum Gasteiger partial charge on any atom is -0.396 e. The first-order chi connectivity index (χ1) is 14.3. The van der Waals surface area contributed by atoms with Crippen LogP contribution in [-0.2, 0) is 0 Å². The third kappa shape index (κ3) is 3.84. The molecule has 3 fully saturated rings. The van der Waals surface area contributed by atoms with E-state index in [0.29, 0.717) is 29.3 Å². The number of aliphatic hydroxyl groups is 1. The molecule has 0 heterocycles. The summed E-state index contributed by atoms with van der Waals surface area (Å²) in [6, 6.07) is 0. The quantitative estimate of drug-likeness (QED) is 0.418. The third-order valence-electron chi connectivity index (χ3n) is 11.1. The molecular formula is C29H50O. The SMILES string of the molecule is CC(C)[C@H](CCO)CC[C@@H](C)[C@H]1CC[C@H]2[C@@H]3CCC4CCCC[C@]4(C)C3=CC[C@]12C. The summed E-state index contributed by atoms with van der Waals surface area (Å²) in [6.07, 6.45) is 19.6. The summed E-state index contributed by atoms with van der Waals surface area (Å²) in [5.74, 6) is 5.95. The number of rotatable bonds is 7. The van der Waals surface area contributed by atoms with Crippen LogP contribution in [0.5, 0.6) is 0 Å². The van der Waals surface area contributed by atoms with Crippen molar-refractivity contribution < 1.29 is 5.11 Å². The van der Waals surface area contributed by atoms with Gasteiger partial charge in [-0.05, 0) is 110 Å².